The van der Waals surface area contributed by atoms with Gasteiger partial charge in [0.25, 0.3) is 5.91 Å². The van der Waals surface area contributed by atoms with E-state index >= 15 is 0 Å². The van der Waals surface area contributed by atoms with Crippen LogP contribution in [0.4, 0.5) is 5.82 Å². The van der Waals surface area contributed by atoms with Crippen molar-refractivity contribution in [2.45, 2.75) is 37.8 Å². The van der Waals surface area contributed by atoms with Crippen molar-refractivity contribution in [2.24, 2.45) is 0 Å². The first-order valence-electron chi connectivity index (χ1n) is 7.73. The molecule has 3 rings (SSSR count). The van der Waals surface area contributed by atoms with Crippen molar-refractivity contribution in [2.75, 3.05) is 32.1 Å². The molecule has 0 radical (unpaired) electrons. The van der Waals surface area contributed by atoms with Crippen LogP contribution in [0.5, 0.6) is 0 Å². The maximum atomic E-state index is 13.0. The summed E-state index contributed by atoms with van der Waals surface area (Å²) in [5.41, 5.74) is 0.689. The Bertz CT molecular complexity index is 516. The first-order chi connectivity index (χ1) is 10.2. The zero-order chi connectivity index (χ0) is 14.8. The van der Waals surface area contributed by atoms with Crippen molar-refractivity contribution in [3.8, 4) is 0 Å². The lowest BCUT2D eigenvalue weighted by Gasteiger charge is -2.44. The Kier molecular flexibility index (Phi) is 4.10. The Morgan fingerprint density at radius 2 is 2.19 bits per heavy atom. The predicted molar refractivity (Wildman–Crippen MR) is 81.6 cm³/mol. The smallest absolute Gasteiger partial charge is 0.258 e. The SMILES string of the molecule is CN(C)c1ncccc1C(=O)N1CCOC2CCCCC21. The Balaban J connectivity index is 1.87. The van der Waals surface area contributed by atoms with Crippen LogP contribution < -0.4 is 4.90 Å². The molecule has 1 aromatic rings. The molecule has 1 saturated carbocycles. The fraction of sp³-hybridized carbons (Fsp3) is 0.625. The van der Waals surface area contributed by atoms with Crippen LogP contribution in [0.25, 0.3) is 0 Å². The molecule has 1 aliphatic heterocycles. The monoisotopic (exact) mass is 289 g/mol. The van der Waals surface area contributed by atoms with Crippen molar-refractivity contribution >= 4 is 11.7 Å². The maximum absolute atomic E-state index is 13.0. The Labute approximate surface area is 125 Å². The molecule has 0 N–H and O–H groups in total. The van der Waals surface area contributed by atoms with E-state index in [-0.39, 0.29) is 18.1 Å². The van der Waals surface area contributed by atoms with E-state index < -0.39 is 0 Å². The highest BCUT2D eigenvalue weighted by Crippen LogP contribution is 2.30. The summed E-state index contributed by atoms with van der Waals surface area (Å²) in [5.74, 6) is 0.827. The second kappa shape index (κ2) is 6.02. The van der Waals surface area contributed by atoms with Crippen LogP contribution in [0.15, 0.2) is 18.3 Å². The molecule has 1 saturated heterocycles. The highest BCUT2D eigenvalue weighted by molar-refractivity contribution is 5.99. The summed E-state index contributed by atoms with van der Waals surface area (Å²) < 4.78 is 5.86. The van der Waals surface area contributed by atoms with Crippen LogP contribution in [0, 0.1) is 0 Å². The van der Waals surface area contributed by atoms with Gasteiger partial charge in [-0.05, 0) is 25.0 Å². The number of fused-ring (bicyclic) bond motifs is 1. The quantitative estimate of drug-likeness (QED) is 0.834. The summed E-state index contributed by atoms with van der Waals surface area (Å²) in [5, 5.41) is 0. The van der Waals surface area contributed by atoms with Gasteiger partial charge in [0.15, 0.2) is 0 Å². The van der Waals surface area contributed by atoms with Gasteiger partial charge in [0, 0.05) is 26.8 Å². The number of carbonyl (C=O) groups is 1. The van der Waals surface area contributed by atoms with E-state index in [2.05, 4.69) is 4.98 Å². The number of anilines is 1. The minimum absolute atomic E-state index is 0.0898. The molecule has 0 aromatic carbocycles. The van der Waals surface area contributed by atoms with E-state index in [1.165, 1.54) is 12.8 Å². The van der Waals surface area contributed by atoms with E-state index in [0.717, 1.165) is 18.7 Å². The molecule has 2 atom stereocenters. The molecule has 1 aromatic heterocycles. The molecule has 1 amide bonds. The Morgan fingerprint density at radius 3 is 3.00 bits per heavy atom. The van der Waals surface area contributed by atoms with Gasteiger partial charge in [0.1, 0.15) is 5.82 Å². The number of morpholine rings is 1. The molecular formula is C16H23N3O2. The lowest BCUT2D eigenvalue weighted by molar-refractivity contribution is -0.0752. The van der Waals surface area contributed by atoms with E-state index in [1.807, 2.05) is 36.0 Å². The number of carbonyl (C=O) groups excluding carboxylic acids is 1. The molecule has 2 unspecified atom stereocenters. The van der Waals surface area contributed by atoms with E-state index in [4.69, 9.17) is 4.74 Å². The normalized spacial score (nSPS) is 25.3. The molecule has 5 heteroatoms. The average molecular weight is 289 g/mol. The molecule has 0 bridgehead atoms. The number of hydrogen-bond donors (Lipinski definition) is 0. The fourth-order valence-electron chi connectivity index (χ4n) is 3.42. The van der Waals surface area contributed by atoms with Crippen molar-refractivity contribution in [1.29, 1.82) is 0 Å². The van der Waals surface area contributed by atoms with Crippen molar-refractivity contribution in [3.05, 3.63) is 23.9 Å². The zero-order valence-electron chi connectivity index (χ0n) is 12.8. The predicted octanol–water partition coefficient (Wildman–Crippen LogP) is 1.93. The first kappa shape index (κ1) is 14.3. The summed E-state index contributed by atoms with van der Waals surface area (Å²) in [6, 6.07) is 3.94. The minimum atomic E-state index is 0.0898. The standard InChI is InChI=1S/C16H23N3O2/c1-18(2)15-12(6-5-9-17-15)16(20)19-10-11-21-14-8-4-3-7-13(14)19/h5-6,9,13-14H,3-4,7-8,10-11H2,1-2H3. The van der Waals surface area contributed by atoms with Crippen LogP contribution >= 0.6 is 0 Å². The van der Waals surface area contributed by atoms with Crippen LogP contribution in [0.1, 0.15) is 36.0 Å². The third-order valence-electron chi connectivity index (χ3n) is 4.43. The lowest BCUT2D eigenvalue weighted by Crippen LogP contribution is -2.55. The fourth-order valence-corrected chi connectivity index (χ4v) is 3.42. The lowest BCUT2D eigenvalue weighted by atomic mass is 9.89. The third-order valence-corrected chi connectivity index (χ3v) is 4.43. The number of pyridine rings is 1. The molecule has 5 nitrogen and oxygen atoms in total. The number of aromatic nitrogens is 1. The summed E-state index contributed by atoms with van der Waals surface area (Å²) in [6.45, 7) is 1.33. The van der Waals surface area contributed by atoms with Crippen LogP contribution in [0.3, 0.4) is 0 Å². The third kappa shape index (κ3) is 2.75. The number of nitrogens with zero attached hydrogens (tertiary/aromatic N) is 3. The van der Waals surface area contributed by atoms with Gasteiger partial charge < -0.3 is 14.5 Å². The molecule has 2 aliphatic rings. The van der Waals surface area contributed by atoms with E-state index in [9.17, 15) is 4.79 Å². The topological polar surface area (TPSA) is 45.7 Å². The Hall–Kier alpha value is -1.62. The summed E-state index contributed by atoms with van der Waals surface area (Å²) in [4.78, 5) is 21.2. The van der Waals surface area contributed by atoms with Gasteiger partial charge in [-0.2, -0.15) is 0 Å². The number of amides is 1. The van der Waals surface area contributed by atoms with Crippen molar-refractivity contribution < 1.29 is 9.53 Å². The summed E-state index contributed by atoms with van der Waals surface area (Å²) in [6.07, 6.45) is 6.46. The molecule has 114 valence electrons. The van der Waals surface area contributed by atoms with Crippen LogP contribution in [0.2, 0.25) is 0 Å². The van der Waals surface area contributed by atoms with E-state index in [1.54, 1.807) is 6.20 Å². The second-order valence-electron chi connectivity index (χ2n) is 6.03. The molecular weight excluding hydrogens is 266 g/mol. The van der Waals surface area contributed by atoms with Gasteiger partial charge in [-0.15, -0.1) is 0 Å². The summed E-state index contributed by atoms with van der Waals surface area (Å²) in [7, 11) is 3.84. The van der Waals surface area contributed by atoms with Crippen molar-refractivity contribution in [1.82, 2.24) is 9.88 Å². The molecule has 0 spiro atoms. The van der Waals surface area contributed by atoms with Crippen LogP contribution in [-0.2, 0) is 4.74 Å². The largest absolute Gasteiger partial charge is 0.374 e. The van der Waals surface area contributed by atoms with Crippen LogP contribution in [-0.4, -0.2) is 55.2 Å². The zero-order valence-corrected chi connectivity index (χ0v) is 12.8. The summed E-state index contributed by atoms with van der Waals surface area (Å²) >= 11 is 0. The van der Waals surface area contributed by atoms with Gasteiger partial charge in [-0.1, -0.05) is 12.8 Å². The number of rotatable bonds is 2. The number of ether oxygens (including phenoxy) is 1. The molecule has 1 aliphatic carbocycles. The highest BCUT2D eigenvalue weighted by atomic mass is 16.5. The van der Waals surface area contributed by atoms with Gasteiger partial charge >= 0.3 is 0 Å². The average Bonchev–Trinajstić information content (AvgIpc) is 2.53. The molecule has 2 heterocycles. The minimum Gasteiger partial charge on any atom is -0.374 e. The molecule has 2 fully saturated rings. The second-order valence-corrected chi connectivity index (χ2v) is 6.03. The highest BCUT2D eigenvalue weighted by Gasteiger charge is 2.37. The molecule has 21 heavy (non-hydrogen) atoms. The maximum Gasteiger partial charge on any atom is 0.258 e. The Morgan fingerprint density at radius 1 is 1.38 bits per heavy atom. The van der Waals surface area contributed by atoms with Gasteiger partial charge in [-0.3, -0.25) is 4.79 Å². The first-order valence-corrected chi connectivity index (χ1v) is 7.73. The van der Waals surface area contributed by atoms with Gasteiger partial charge in [0.05, 0.1) is 24.3 Å². The van der Waals surface area contributed by atoms with Crippen molar-refractivity contribution in [3.63, 3.8) is 0 Å². The van der Waals surface area contributed by atoms with E-state index in [0.29, 0.717) is 18.7 Å². The number of hydrogen-bond acceptors (Lipinski definition) is 4. The van der Waals surface area contributed by atoms with Gasteiger partial charge in [-0.25, -0.2) is 4.98 Å². The van der Waals surface area contributed by atoms with Gasteiger partial charge in [0.2, 0.25) is 0 Å².